The van der Waals surface area contributed by atoms with Crippen LogP contribution in [0.4, 0.5) is 18.9 Å². The zero-order valence-electron chi connectivity index (χ0n) is 11.9. The highest BCUT2D eigenvalue weighted by molar-refractivity contribution is 6.05. The van der Waals surface area contributed by atoms with E-state index in [1.807, 2.05) is 0 Å². The lowest BCUT2D eigenvalue weighted by Crippen LogP contribution is -2.17. The van der Waals surface area contributed by atoms with Crippen molar-refractivity contribution < 1.29 is 22.7 Å². The van der Waals surface area contributed by atoms with Gasteiger partial charge in [-0.05, 0) is 42.5 Å². The summed E-state index contributed by atoms with van der Waals surface area (Å²) in [6, 6.07) is 9.30. The Kier molecular flexibility index (Phi) is 3.76. The summed E-state index contributed by atoms with van der Waals surface area (Å²) in [5.74, 6) is -0.920. The number of alkyl halides is 3. The van der Waals surface area contributed by atoms with Crippen molar-refractivity contribution in [2.24, 2.45) is 0 Å². The number of carbonyl (C=O) groups is 1. The minimum Gasteiger partial charge on any atom is -0.406 e. The van der Waals surface area contributed by atoms with E-state index in [1.54, 1.807) is 18.2 Å². The van der Waals surface area contributed by atoms with Crippen LogP contribution in [-0.2, 0) is 0 Å². The number of nitrogens with one attached hydrogen (secondary N) is 3. The molecule has 2 aromatic carbocycles. The van der Waals surface area contributed by atoms with Gasteiger partial charge in [-0.1, -0.05) is 0 Å². The summed E-state index contributed by atoms with van der Waals surface area (Å²) in [5.41, 5.74) is 1.33. The third kappa shape index (κ3) is 3.57. The number of rotatable bonds is 3. The number of ether oxygens (including phenoxy) is 1. The van der Waals surface area contributed by atoms with Gasteiger partial charge in [0.05, 0.1) is 11.0 Å². The number of amides is 1. The number of H-pyrrole nitrogens is 2. The molecule has 0 unspecified atom stereocenters. The molecule has 0 aliphatic carbocycles. The predicted octanol–water partition coefficient (Wildman–Crippen LogP) is 3.01. The number of carbonyl (C=O) groups excluding carboxylic acids is 1. The molecule has 0 bridgehead atoms. The second kappa shape index (κ2) is 5.76. The molecule has 0 saturated carbocycles. The average Bonchev–Trinajstić information content (AvgIpc) is 2.85. The van der Waals surface area contributed by atoms with Crippen LogP contribution in [0.2, 0.25) is 0 Å². The van der Waals surface area contributed by atoms with Gasteiger partial charge >= 0.3 is 12.1 Å². The van der Waals surface area contributed by atoms with Gasteiger partial charge in [-0.25, -0.2) is 4.79 Å². The number of aromatic amines is 2. The number of imidazole rings is 1. The molecule has 3 rings (SSSR count). The summed E-state index contributed by atoms with van der Waals surface area (Å²) >= 11 is 0. The first-order valence-corrected chi connectivity index (χ1v) is 6.69. The van der Waals surface area contributed by atoms with E-state index in [0.29, 0.717) is 16.7 Å². The van der Waals surface area contributed by atoms with Gasteiger partial charge in [0.2, 0.25) is 0 Å². The zero-order valence-corrected chi connectivity index (χ0v) is 11.9. The molecular weight excluding hydrogens is 327 g/mol. The van der Waals surface area contributed by atoms with Crippen LogP contribution in [0.25, 0.3) is 11.0 Å². The van der Waals surface area contributed by atoms with Crippen molar-refractivity contribution in [1.82, 2.24) is 9.97 Å². The first-order chi connectivity index (χ1) is 11.3. The molecule has 9 heteroatoms. The van der Waals surface area contributed by atoms with Crippen molar-refractivity contribution in [2.45, 2.75) is 6.36 Å². The number of benzene rings is 2. The molecule has 3 aromatic rings. The van der Waals surface area contributed by atoms with Crippen LogP contribution >= 0.6 is 0 Å². The molecule has 0 radical (unpaired) electrons. The molecular formula is C15H10F3N3O3. The number of halogens is 3. The lowest BCUT2D eigenvalue weighted by molar-refractivity contribution is -0.274. The molecule has 0 aliphatic rings. The molecule has 0 saturated heterocycles. The van der Waals surface area contributed by atoms with Crippen LogP contribution in [0.3, 0.4) is 0 Å². The van der Waals surface area contributed by atoms with Crippen molar-refractivity contribution in [1.29, 1.82) is 0 Å². The van der Waals surface area contributed by atoms with Crippen LogP contribution in [0.1, 0.15) is 10.4 Å². The number of anilines is 1. The minimum atomic E-state index is -4.79. The molecule has 1 aromatic heterocycles. The van der Waals surface area contributed by atoms with Gasteiger partial charge in [0, 0.05) is 11.3 Å². The van der Waals surface area contributed by atoms with E-state index in [4.69, 9.17) is 0 Å². The maximum absolute atomic E-state index is 12.1. The van der Waals surface area contributed by atoms with Crippen molar-refractivity contribution in [3.8, 4) is 5.75 Å². The Labute approximate surface area is 132 Å². The number of hydrogen-bond acceptors (Lipinski definition) is 3. The lowest BCUT2D eigenvalue weighted by atomic mass is 10.2. The smallest absolute Gasteiger partial charge is 0.406 e. The fourth-order valence-electron chi connectivity index (χ4n) is 2.12. The maximum Gasteiger partial charge on any atom is 0.573 e. The van der Waals surface area contributed by atoms with E-state index in [2.05, 4.69) is 20.0 Å². The van der Waals surface area contributed by atoms with E-state index in [0.717, 1.165) is 12.1 Å². The van der Waals surface area contributed by atoms with Crippen molar-refractivity contribution in [3.63, 3.8) is 0 Å². The third-order valence-electron chi connectivity index (χ3n) is 3.12. The van der Waals surface area contributed by atoms with Gasteiger partial charge in [-0.15, -0.1) is 13.2 Å². The number of hydrogen-bond donors (Lipinski definition) is 3. The molecule has 3 N–H and O–H groups in total. The Bertz CT molecular complexity index is 942. The van der Waals surface area contributed by atoms with Gasteiger partial charge in [0.1, 0.15) is 5.75 Å². The van der Waals surface area contributed by atoms with E-state index in [1.165, 1.54) is 12.1 Å². The molecule has 0 atom stereocenters. The second-order valence-electron chi connectivity index (χ2n) is 4.87. The quantitative estimate of drug-likeness (QED) is 0.687. The fourth-order valence-corrected chi connectivity index (χ4v) is 2.12. The van der Waals surface area contributed by atoms with Crippen molar-refractivity contribution in [3.05, 3.63) is 58.5 Å². The van der Waals surface area contributed by atoms with E-state index < -0.39 is 18.0 Å². The Morgan fingerprint density at radius 3 is 2.33 bits per heavy atom. The van der Waals surface area contributed by atoms with Gasteiger partial charge in [0.15, 0.2) is 0 Å². The summed E-state index contributed by atoms with van der Waals surface area (Å²) < 4.78 is 40.0. The molecule has 0 aliphatic heterocycles. The van der Waals surface area contributed by atoms with Gasteiger partial charge in [-0.2, -0.15) is 0 Å². The summed E-state index contributed by atoms with van der Waals surface area (Å²) in [6.07, 6.45) is -4.79. The van der Waals surface area contributed by atoms with Crippen LogP contribution in [0, 0.1) is 0 Å². The lowest BCUT2D eigenvalue weighted by Gasteiger charge is -2.09. The largest absolute Gasteiger partial charge is 0.573 e. The van der Waals surface area contributed by atoms with Crippen molar-refractivity contribution in [2.75, 3.05) is 5.32 Å². The third-order valence-corrected chi connectivity index (χ3v) is 3.12. The maximum atomic E-state index is 12.1. The molecule has 124 valence electrons. The Hall–Kier alpha value is -3.23. The zero-order chi connectivity index (χ0) is 17.3. The first kappa shape index (κ1) is 15.7. The van der Waals surface area contributed by atoms with Crippen LogP contribution in [-0.4, -0.2) is 22.2 Å². The SMILES string of the molecule is O=C(Nc1ccc2[nH]c(=O)[nH]c2c1)c1ccc(OC(F)(F)F)cc1. The van der Waals surface area contributed by atoms with Gasteiger partial charge < -0.3 is 20.0 Å². The van der Waals surface area contributed by atoms with Gasteiger partial charge in [0.25, 0.3) is 5.91 Å². The summed E-state index contributed by atoms with van der Waals surface area (Å²) in [6.45, 7) is 0. The second-order valence-corrected chi connectivity index (χ2v) is 4.87. The summed E-state index contributed by atoms with van der Waals surface area (Å²) in [5, 5.41) is 2.59. The van der Waals surface area contributed by atoms with Crippen molar-refractivity contribution >= 4 is 22.6 Å². The average molecular weight is 337 g/mol. The van der Waals surface area contributed by atoms with E-state index in [9.17, 15) is 22.8 Å². The monoisotopic (exact) mass is 337 g/mol. The topological polar surface area (TPSA) is 87.0 Å². The van der Waals surface area contributed by atoms with Gasteiger partial charge in [-0.3, -0.25) is 4.79 Å². The Morgan fingerprint density at radius 1 is 1.00 bits per heavy atom. The molecule has 1 heterocycles. The Balaban J connectivity index is 1.74. The fraction of sp³-hybridized carbons (Fsp3) is 0.0667. The first-order valence-electron chi connectivity index (χ1n) is 6.69. The standard InChI is InChI=1S/C15H10F3N3O3/c16-15(17,18)24-10-4-1-8(2-5-10)13(22)19-9-3-6-11-12(7-9)21-14(23)20-11/h1-7H,(H,19,22)(H2,20,21,23). The molecule has 1 amide bonds. The molecule has 24 heavy (non-hydrogen) atoms. The minimum absolute atomic E-state index is 0.159. The van der Waals surface area contributed by atoms with E-state index >= 15 is 0 Å². The van der Waals surface area contributed by atoms with Crippen LogP contribution < -0.4 is 15.7 Å². The highest BCUT2D eigenvalue weighted by Crippen LogP contribution is 2.23. The predicted molar refractivity (Wildman–Crippen MR) is 80.0 cm³/mol. The van der Waals surface area contributed by atoms with E-state index in [-0.39, 0.29) is 11.3 Å². The molecule has 6 nitrogen and oxygen atoms in total. The highest BCUT2D eigenvalue weighted by Gasteiger charge is 2.31. The summed E-state index contributed by atoms with van der Waals surface area (Å²) in [7, 11) is 0. The summed E-state index contributed by atoms with van der Waals surface area (Å²) in [4.78, 5) is 28.4. The molecule has 0 fully saturated rings. The number of aromatic nitrogens is 2. The van der Waals surface area contributed by atoms with Crippen LogP contribution in [0.5, 0.6) is 5.75 Å². The van der Waals surface area contributed by atoms with Crippen LogP contribution in [0.15, 0.2) is 47.3 Å². The highest BCUT2D eigenvalue weighted by atomic mass is 19.4. The Morgan fingerprint density at radius 2 is 1.67 bits per heavy atom. The number of fused-ring (bicyclic) bond motifs is 1. The molecule has 0 spiro atoms. The normalized spacial score (nSPS) is 11.5.